The van der Waals surface area contributed by atoms with E-state index in [-0.39, 0.29) is 36.5 Å². The second-order valence-electron chi connectivity index (χ2n) is 6.12. The highest BCUT2D eigenvalue weighted by molar-refractivity contribution is 5.93. The van der Waals surface area contributed by atoms with Crippen molar-refractivity contribution in [1.29, 1.82) is 0 Å². The van der Waals surface area contributed by atoms with Crippen molar-refractivity contribution < 1.29 is 18.7 Å². The lowest BCUT2D eigenvalue weighted by Crippen LogP contribution is -2.16. The number of aromatic amines is 1. The molecular weight excluding hydrogens is 325 g/mol. The Morgan fingerprint density at radius 1 is 1.28 bits per heavy atom. The van der Waals surface area contributed by atoms with Crippen molar-refractivity contribution in [3.63, 3.8) is 0 Å². The van der Waals surface area contributed by atoms with Crippen molar-refractivity contribution in [3.05, 3.63) is 35.3 Å². The largest absolute Gasteiger partial charge is 0.461 e. The fourth-order valence-electron chi connectivity index (χ4n) is 3.03. The summed E-state index contributed by atoms with van der Waals surface area (Å²) in [6.07, 6.45) is 5.91. The van der Waals surface area contributed by atoms with E-state index in [4.69, 9.17) is 9.47 Å². The van der Waals surface area contributed by atoms with Gasteiger partial charge in [-0.3, -0.25) is 0 Å². The fraction of sp³-hybridized carbons (Fsp3) is 0.500. The van der Waals surface area contributed by atoms with Gasteiger partial charge in [-0.25, -0.2) is 9.18 Å². The molecule has 0 radical (unpaired) electrons. The van der Waals surface area contributed by atoms with Crippen molar-refractivity contribution in [2.75, 3.05) is 6.61 Å². The number of esters is 1. The number of aromatic nitrogens is 3. The number of hydrogen-bond donors (Lipinski definition) is 1. The van der Waals surface area contributed by atoms with Gasteiger partial charge in [0, 0.05) is 11.1 Å². The maximum atomic E-state index is 14.4. The molecule has 7 heteroatoms. The Labute approximate surface area is 145 Å². The van der Waals surface area contributed by atoms with E-state index >= 15 is 0 Å². The van der Waals surface area contributed by atoms with Crippen LogP contribution in [0, 0.1) is 5.82 Å². The van der Waals surface area contributed by atoms with Gasteiger partial charge >= 0.3 is 5.97 Å². The van der Waals surface area contributed by atoms with E-state index in [1.165, 1.54) is 25.3 Å². The van der Waals surface area contributed by atoms with E-state index in [0.29, 0.717) is 11.1 Å². The average molecular weight is 347 g/mol. The van der Waals surface area contributed by atoms with Crippen LogP contribution in [0.3, 0.4) is 0 Å². The molecule has 3 rings (SSSR count). The maximum Gasteiger partial charge on any atom is 0.361 e. The first-order chi connectivity index (χ1) is 12.2. The molecule has 1 aromatic carbocycles. The molecule has 0 unspecified atom stereocenters. The van der Waals surface area contributed by atoms with E-state index in [9.17, 15) is 9.18 Å². The van der Waals surface area contributed by atoms with Crippen LogP contribution in [0.1, 0.15) is 55.1 Å². The molecule has 134 valence electrons. The summed E-state index contributed by atoms with van der Waals surface area (Å²) >= 11 is 0. The second-order valence-corrected chi connectivity index (χ2v) is 6.12. The first-order valence-electron chi connectivity index (χ1n) is 8.67. The van der Waals surface area contributed by atoms with Crippen LogP contribution >= 0.6 is 0 Å². The molecule has 0 aliphatic heterocycles. The van der Waals surface area contributed by atoms with Gasteiger partial charge in [-0.15, -0.1) is 5.10 Å². The molecule has 0 spiro atoms. The smallest absolute Gasteiger partial charge is 0.361 e. The second kappa shape index (κ2) is 8.20. The molecule has 1 saturated carbocycles. The molecule has 1 fully saturated rings. The minimum absolute atomic E-state index is 0.0486. The zero-order chi connectivity index (χ0) is 17.6. The van der Waals surface area contributed by atoms with E-state index in [1.54, 1.807) is 19.1 Å². The zero-order valence-electron chi connectivity index (χ0n) is 14.3. The highest BCUT2D eigenvalue weighted by Gasteiger charge is 2.20. The third-order valence-electron chi connectivity index (χ3n) is 4.37. The molecule has 6 nitrogen and oxygen atoms in total. The van der Waals surface area contributed by atoms with E-state index < -0.39 is 5.97 Å². The number of carbonyl (C=O) groups is 1. The number of halogens is 1. The SMILES string of the molecule is CCOC(=O)c1n[nH]nc1-c1ccc(COC2CCCCC2)c(F)c1. The molecule has 0 bridgehead atoms. The number of nitrogens with one attached hydrogen (secondary N) is 1. The number of hydrogen-bond acceptors (Lipinski definition) is 5. The molecule has 0 amide bonds. The standard InChI is InChI=1S/C18H22FN3O3/c1-2-24-18(23)17-16(20-22-21-17)12-8-9-13(15(19)10-12)11-25-14-6-4-3-5-7-14/h8-10,14H,2-7,11H2,1H3,(H,20,21,22). The van der Waals surface area contributed by atoms with E-state index in [1.807, 2.05) is 0 Å². The number of nitrogens with zero attached hydrogens (tertiary/aromatic N) is 2. The van der Waals surface area contributed by atoms with Crippen molar-refractivity contribution >= 4 is 5.97 Å². The lowest BCUT2D eigenvalue weighted by Gasteiger charge is -2.22. The predicted molar refractivity (Wildman–Crippen MR) is 89.4 cm³/mol. The third-order valence-corrected chi connectivity index (χ3v) is 4.37. The van der Waals surface area contributed by atoms with Gasteiger partial charge in [0.1, 0.15) is 11.5 Å². The lowest BCUT2D eigenvalue weighted by atomic mass is 9.98. The normalized spacial score (nSPS) is 15.3. The highest BCUT2D eigenvalue weighted by atomic mass is 19.1. The van der Waals surface area contributed by atoms with Gasteiger partial charge in [0.15, 0.2) is 5.69 Å². The van der Waals surface area contributed by atoms with Crippen LogP contribution in [0.15, 0.2) is 18.2 Å². The van der Waals surface area contributed by atoms with Crippen LogP contribution in [0.2, 0.25) is 0 Å². The van der Waals surface area contributed by atoms with Crippen molar-refractivity contribution in [3.8, 4) is 11.3 Å². The van der Waals surface area contributed by atoms with Gasteiger partial charge in [-0.05, 0) is 25.8 Å². The van der Waals surface area contributed by atoms with Crippen molar-refractivity contribution in [1.82, 2.24) is 15.4 Å². The minimum Gasteiger partial charge on any atom is -0.461 e. The first-order valence-corrected chi connectivity index (χ1v) is 8.67. The Kier molecular flexibility index (Phi) is 5.75. The molecule has 1 N–H and O–H groups in total. The monoisotopic (exact) mass is 347 g/mol. The lowest BCUT2D eigenvalue weighted by molar-refractivity contribution is 0.0156. The van der Waals surface area contributed by atoms with Gasteiger partial charge in [-0.1, -0.05) is 31.4 Å². The fourth-order valence-corrected chi connectivity index (χ4v) is 3.03. The summed E-state index contributed by atoms with van der Waals surface area (Å²) in [6, 6.07) is 4.72. The van der Waals surface area contributed by atoms with Gasteiger partial charge < -0.3 is 9.47 Å². The molecular formula is C18H22FN3O3. The molecule has 25 heavy (non-hydrogen) atoms. The Bertz CT molecular complexity index is 726. The van der Waals surface area contributed by atoms with Gasteiger partial charge in [0.05, 0.1) is 19.3 Å². The number of H-pyrrole nitrogens is 1. The number of ether oxygens (including phenoxy) is 2. The summed E-state index contributed by atoms with van der Waals surface area (Å²) in [5, 5.41) is 10.1. The Hall–Kier alpha value is -2.28. The summed E-state index contributed by atoms with van der Waals surface area (Å²) in [5.74, 6) is -0.970. The van der Waals surface area contributed by atoms with Gasteiger partial charge in [-0.2, -0.15) is 10.3 Å². The van der Waals surface area contributed by atoms with E-state index in [0.717, 1.165) is 12.8 Å². The summed E-state index contributed by atoms with van der Waals surface area (Å²) in [7, 11) is 0. The van der Waals surface area contributed by atoms with Crippen LogP contribution in [-0.2, 0) is 16.1 Å². The van der Waals surface area contributed by atoms with Gasteiger partial charge in [0.2, 0.25) is 0 Å². The molecule has 1 aliphatic carbocycles. The number of rotatable bonds is 6. The Balaban J connectivity index is 1.71. The Morgan fingerprint density at radius 3 is 2.80 bits per heavy atom. The summed E-state index contributed by atoms with van der Waals surface area (Å²) in [6.45, 7) is 2.19. The quantitative estimate of drug-likeness (QED) is 0.807. The van der Waals surface area contributed by atoms with Crippen molar-refractivity contribution in [2.45, 2.75) is 51.7 Å². The number of carbonyl (C=O) groups excluding carboxylic acids is 1. The predicted octanol–water partition coefficient (Wildman–Crippen LogP) is 3.64. The summed E-state index contributed by atoms with van der Waals surface area (Å²) < 4.78 is 25.2. The van der Waals surface area contributed by atoms with Crippen LogP contribution < -0.4 is 0 Å². The van der Waals surface area contributed by atoms with Crippen molar-refractivity contribution in [2.24, 2.45) is 0 Å². The minimum atomic E-state index is -0.587. The topological polar surface area (TPSA) is 77.1 Å². The van der Waals surface area contributed by atoms with E-state index in [2.05, 4.69) is 15.4 Å². The molecule has 0 atom stereocenters. The zero-order valence-corrected chi connectivity index (χ0v) is 14.3. The van der Waals surface area contributed by atoms with Gasteiger partial charge in [0.25, 0.3) is 0 Å². The first kappa shape index (κ1) is 17.5. The molecule has 0 saturated heterocycles. The molecule has 2 aromatic rings. The highest BCUT2D eigenvalue weighted by Crippen LogP contribution is 2.25. The summed E-state index contributed by atoms with van der Waals surface area (Å²) in [5.41, 5.74) is 1.29. The molecule has 1 aromatic heterocycles. The Morgan fingerprint density at radius 2 is 2.08 bits per heavy atom. The average Bonchev–Trinajstić information content (AvgIpc) is 3.11. The molecule has 1 heterocycles. The number of benzene rings is 1. The van der Waals surface area contributed by atoms with Crippen LogP contribution in [-0.4, -0.2) is 34.1 Å². The summed E-state index contributed by atoms with van der Waals surface area (Å²) in [4.78, 5) is 11.9. The maximum absolute atomic E-state index is 14.4. The van der Waals surface area contributed by atoms with Crippen LogP contribution in [0.5, 0.6) is 0 Å². The van der Waals surface area contributed by atoms with Crippen LogP contribution in [0.4, 0.5) is 4.39 Å². The third kappa shape index (κ3) is 4.22. The van der Waals surface area contributed by atoms with Crippen LogP contribution in [0.25, 0.3) is 11.3 Å². The molecule has 1 aliphatic rings.